The Bertz CT molecular complexity index is 316. The van der Waals surface area contributed by atoms with Crippen LogP contribution in [0.4, 0.5) is 0 Å². The van der Waals surface area contributed by atoms with Gasteiger partial charge >= 0.3 is 0 Å². The van der Waals surface area contributed by atoms with Crippen molar-refractivity contribution < 1.29 is 4.79 Å². The molecule has 0 saturated carbocycles. The van der Waals surface area contributed by atoms with E-state index < -0.39 is 0 Å². The molecule has 4 nitrogen and oxygen atoms in total. The molecule has 1 heterocycles. The van der Waals surface area contributed by atoms with Gasteiger partial charge in [0.1, 0.15) is 0 Å². The summed E-state index contributed by atoms with van der Waals surface area (Å²) in [4.78, 5) is 11.1. The van der Waals surface area contributed by atoms with E-state index in [2.05, 4.69) is 15.5 Å². The molecular weight excluding hydrogens is 201 g/mol. The van der Waals surface area contributed by atoms with E-state index in [4.69, 9.17) is 23.2 Å². The molecule has 0 aliphatic rings. The van der Waals surface area contributed by atoms with Gasteiger partial charge in [0.25, 0.3) is 5.91 Å². The van der Waals surface area contributed by atoms with Crippen LogP contribution in [0.1, 0.15) is 10.4 Å². The smallest absolute Gasteiger partial charge is 0.254 e. The van der Waals surface area contributed by atoms with Gasteiger partial charge in [-0.25, -0.2) is 0 Å². The van der Waals surface area contributed by atoms with E-state index in [1.165, 1.54) is 13.1 Å². The Morgan fingerprint density at radius 2 is 2.17 bits per heavy atom. The van der Waals surface area contributed by atoms with Crippen molar-refractivity contribution in [2.45, 2.75) is 0 Å². The highest BCUT2D eigenvalue weighted by atomic mass is 35.5. The summed E-state index contributed by atoms with van der Waals surface area (Å²) in [7, 11) is 1.49. The number of nitrogens with zero attached hydrogens (tertiary/aromatic N) is 2. The van der Waals surface area contributed by atoms with Crippen LogP contribution in [0.25, 0.3) is 0 Å². The average molecular weight is 206 g/mol. The molecule has 0 aliphatic heterocycles. The molecule has 0 radical (unpaired) electrons. The Hall–Kier alpha value is -0.870. The molecule has 1 amide bonds. The average Bonchev–Trinajstić information content (AvgIpc) is 2.08. The highest BCUT2D eigenvalue weighted by Crippen LogP contribution is 2.14. The Morgan fingerprint density at radius 1 is 1.50 bits per heavy atom. The predicted molar refractivity (Wildman–Crippen MR) is 45.4 cm³/mol. The summed E-state index contributed by atoms with van der Waals surface area (Å²) in [6.45, 7) is 0. The van der Waals surface area contributed by atoms with Gasteiger partial charge in [-0.1, -0.05) is 23.2 Å². The number of nitrogens with one attached hydrogen (secondary N) is 1. The molecule has 64 valence electrons. The van der Waals surface area contributed by atoms with Crippen LogP contribution in [0.2, 0.25) is 10.3 Å². The first kappa shape index (κ1) is 9.22. The zero-order valence-corrected chi connectivity index (χ0v) is 7.65. The van der Waals surface area contributed by atoms with Gasteiger partial charge in [-0.05, 0) is 6.07 Å². The second-order valence-corrected chi connectivity index (χ2v) is 2.70. The van der Waals surface area contributed by atoms with E-state index in [0.717, 1.165) is 0 Å². The normalized spacial score (nSPS) is 9.58. The van der Waals surface area contributed by atoms with E-state index in [0.29, 0.717) is 0 Å². The molecule has 0 unspecified atom stereocenters. The van der Waals surface area contributed by atoms with Crippen LogP contribution < -0.4 is 5.32 Å². The van der Waals surface area contributed by atoms with Gasteiger partial charge in [-0.3, -0.25) is 4.79 Å². The first-order valence-electron chi connectivity index (χ1n) is 3.06. The summed E-state index contributed by atoms with van der Waals surface area (Å²) in [6.07, 6.45) is 0. The van der Waals surface area contributed by atoms with Gasteiger partial charge in [0, 0.05) is 7.05 Å². The van der Waals surface area contributed by atoms with Crippen molar-refractivity contribution in [3.05, 3.63) is 21.9 Å². The van der Waals surface area contributed by atoms with Gasteiger partial charge in [0.15, 0.2) is 10.3 Å². The lowest BCUT2D eigenvalue weighted by Crippen LogP contribution is -2.18. The minimum atomic E-state index is -0.336. The maximum absolute atomic E-state index is 11.1. The molecule has 0 bridgehead atoms. The molecule has 0 aliphatic carbocycles. The fourth-order valence-corrected chi connectivity index (χ4v) is 0.972. The highest BCUT2D eigenvalue weighted by Gasteiger charge is 2.10. The van der Waals surface area contributed by atoms with Gasteiger partial charge in [-0.15, -0.1) is 10.2 Å². The summed E-state index contributed by atoms with van der Waals surface area (Å²) >= 11 is 11.1. The number of amides is 1. The van der Waals surface area contributed by atoms with Crippen LogP contribution in [-0.2, 0) is 0 Å². The first-order valence-corrected chi connectivity index (χ1v) is 3.81. The number of halogens is 2. The lowest BCUT2D eigenvalue weighted by Gasteiger charge is -2.00. The molecule has 0 aromatic carbocycles. The van der Waals surface area contributed by atoms with Crippen LogP contribution in [-0.4, -0.2) is 23.2 Å². The first-order chi connectivity index (χ1) is 5.65. The number of carbonyl (C=O) groups is 1. The maximum atomic E-state index is 11.1. The Labute approximate surface area is 78.9 Å². The van der Waals surface area contributed by atoms with E-state index in [9.17, 15) is 4.79 Å². The molecule has 0 saturated heterocycles. The van der Waals surface area contributed by atoms with Crippen LogP contribution in [0.3, 0.4) is 0 Å². The number of hydrogen-bond acceptors (Lipinski definition) is 3. The minimum Gasteiger partial charge on any atom is -0.355 e. The molecule has 1 N–H and O–H groups in total. The van der Waals surface area contributed by atoms with Crippen molar-refractivity contribution in [1.82, 2.24) is 15.5 Å². The second-order valence-electron chi connectivity index (χ2n) is 1.95. The highest BCUT2D eigenvalue weighted by molar-refractivity contribution is 6.34. The van der Waals surface area contributed by atoms with Crippen molar-refractivity contribution in [1.29, 1.82) is 0 Å². The summed E-state index contributed by atoms with van der Waals surface area (Å²) in [5.41, 5.74) is 0.221. The number of aromatic nitrogens is 2. The predicted octanol–water partition coefficient (Wildman–Crippen LogP) is 1.14. The molecule has 12 heavy (non-hydrogen) atoms. The number of hydrogen-bond donors (Lipinski definition) is 1. The van der Waals surface area contributed by atoms with Gasteiger partial charge in [0.2, 0.25) is 0 Å². The van der Waals surface area contributed by atoms with Gasteiger partial charge in [-0.2, -0.15) is 0 Å². The maximum Gasteiger partial charge on any atom is 0.254 e. The zero-order chi connectivity index (χ0) is 9.14. The van der Waals surface area contributed by atoms with Crippen molar-refractivity contribution in [2.75, 3.05) is 7.05 Å². The fraction of sp³-hybridized carbons (Fsp3) is 0.167. The SMILES string of the molecule is CNC(=O)c1cc(Cl)nnc1Cl. The van der Waals surface area contributed by atoms with Crippen molar-refractivity contribution >= 4 is 29.1 Å². The Kier molecular flexibility index (Phi) is 2.83. The molecule has 0 spiro atoms. The van der Waals surface area contributed by atoms with Crippen molar-refractivity contribution in [2.24, 2.45) is 0 Å². The summed E-state index contributed by atoms with van der Waals surface area (Å²) in [6, 6.07) is 1.36. The number of rotatable bonds is 1. The van der Waals surface area contributed by atoms with Crippen LogP contribution in [0.5, 0.6) is 0 Å². The zero-order valence-electron chi connectivity index (χ0n) is 6.14. The second kappa shape index (κ2) is 3.69. The van der Waals surface area contributed by atoms with Crippen molar-refractivity contribution in [3.63, 3.8) is 0 Å². The Balaban J connectivity index is 3.13. The molecule has 1 aromatic heterocycles. The van der Waals surface area contributed by atoms with E-state index in [1.54, 1.807) is 0 Å². The molecular formula is C6H5Cl2N3O. The van der Waals surface area contributed by atoms with Gasteiger partial charge < -0.3 is 5.32 Å². The third kappa shape index (κ3) is 1.84. The quantitative estimate of drug-likeness (QED) is 0.749. The van der Waals surface area contributed by atoms with Crippen molar-refractivity contribution in [3.8, 4) is 0 Å². The molecule has 6 heteroatoms. The largest absolute Gasteiger partial charge is 0.355 e. The van der Waals surface area contributed by atoms with Crippen LogP contribution in [0.15, 0.2) is 6.07 Å². The standard InChI is InChI=1S/C6H5Cl2N3O/c1-9-6(12)3-2-4(7)10-11-5(3)8/h2H,1H3,(H,9,12). The molecule has 0 atom stereocenters. The summed E-state index contributed by atoms with van der Waals surface area (Å²) in [5, 5.41) is 9.51. The lowest BCUT2D eigenvalue weighted by molar-refractivity contribution is 0.0962. The molecule has 1 aromatic rings. The topological polar surface area (TPSA) is 54.9 Å². The van der Waals surface area contributed by atoms with E-state index >= 15 is 0 Å². The van der Waals surface area contributed by atoms with Crippen LogP contribution in [0, 0.1) is 0 Å². The van der Waals surface area contributed by atoms with E-state index in [1.807, 2.05) is 0 Å². The molecule has 1 rings (SSSR count). The minimum absolute atomic E-state index is 0.0405. The number of carbonyl (C=O) groups excluding carboxylic acids is 1. The fourth-order valence-electron chi connectivity index (χ4n) is 0.647. The Morgan fingerprint density at radius 3 is 2.75 bits per heavy atom. The van der Waals surface area contributed by atoms with E-state index in [-0.39, 0.29) is 21.8 Å². The summed E-state index contributed by atoms with van der Waals surface area (Å²) in [5.74, 6) is -0.336. The molecule has 0 fully saturated rings. The third-order valence-corrected chi connectivity index (χ3v) is 1.65. The summed E-state index contributed by atoms with van der Waals surface area (Å²) < 4.78 is 0. The van der Waals surface area contributed by atoms with Gasteiger partial charge in [0.05, 0.1) is 5.56 Å². The lowest BCUT2D eigenvalue weighted by atomic mass is 10.3. The third-order valence-electron chi connectivity index (χ3n) is 1.19. The monoisotopic (exact) mass is 205 g/mol. The van der Waals surface area contributed by atoms with Crippen LogP contribution >= 0.6 is 23.2 Å².